The zero-order valence-corrected chi connectivity index (χ0v) is 9.17. The second-order valence-corrected chi connectivity index (χ2v) is 4.25. The first kappa shape index (κ1) is 12.2. The number of hydrogen-bond donors (Lipinski definition) is 2. The van der Waals surface area contributed by atoms with E-state index >= 15 is 0 Å². The molecule has 0 radical (unpaired) electrons. The van der Waals surface area contributed by atoms with Gasteiger partial charge in [0.2, 0.25) is 0 Å². The summed E-state index contributed by atoms with van der Waals surface area (Å²) in [5.41, 5.74) is -0.0861. The van der Waals surface area contributed by atoms with Crippen LogP contribution in [0.1, 0.15) is 40.5 Å². The molecule has 0 aromatic carbocycles. The molecule has 0 saturated carbocycles. The average Bonchev–Trinajstić information content (AvgIpc) is 1.99. The van der Waals surface area contributed by atoms with Crippen molar-refractivity contribution in [1.82, 2.24) is 5.01 Å². The monoisotopic (exact) mass is 186 g/mol. The van der Waals surface area contributed by atoms with Crippen LogP contribution < -0.4 is 11.7 Å². The van der Waals surface area contributed by atoms with Crippen LogP contribution in [0.4, 0.5) is 0 Å². The fraction of sp³-hybridized carbons (Fsp3) is 0.889. The van der Waals surface area contributed by atoms with Gasteiger partial charge in [-0.3, -0.25) is 5.01 Å². The van der Waals surface area contributed by atoms with Gasteiger partial charge in [0.15, 0.2) is 0 Å². The van der Waals surface area contributed by atoms with E-state index in [4.69, 9.17) is 11.7 Å². The van der Waals surface area contributed by atoms with E-state index in [-0.39, 0.29) is 5.41 Å². The number of amidine groups is 1. The van der Waals surface area contributed by atoms with Gasteiger partial charge in [-0.05, 0) is 6.42 Å². The minimum absolute atomic E-state index is 0.0861. The van der Waals surface area contributed by atoms with Crippen molar-refractivity contribution in [2.45, 2.75) is 40.5 Å². The molecule has 0 atom stereocenters. The Morgan fingerprint density at radius 1 is 1.38 bits per heavy atom. The summed E-state index contributed by atoms with van der Waals surface area (Å²) >= 11 is 0. The molecule has 0 aliphatic carbocycles. The molecule has 78 valence electrons. The SMILES string of the molecule is CCCCN(N)/C(=N\N)C(C)(C)C. The maximum atomic E-state index is 5.82. The Kier molecular flexibility index (Phi) is 4.77. The Bertz CT molecular complexity index is 169. The van der Waals surface area contributed by atoms with Crippen molar-refractivity contribution in [1.29, 1.82) is 0 Å². The lowest BCUT2D eigenvalue weighted by Gasteiger charge is -2.29. The number of nitrogens with zero attached hydrogens (tertiary/aromatic N) is 2. The Morgan fingerprint density at radius 3 is 2.23 bits per heavy atom. The molecule has 4 heteroatoms. The van der Waals surface area contributed by atoms with Crippen LogP contribution in [-0.2, 0) is 0 Å². The van der Waals surface area contributed by atoms with Crippen molar-refractivity contribution in [3.63, 3.8) is 0 Å². The van der Waals surface area contributed by atoms with E-state index in [1.807, 2.05) is 20.8 Å². The van der Waals surface area contributed by atoms with E-state index in [2.05, 4.69) is 12.0 Å². The molecule has 0 amide bonds. The van der Waals surface area contributed by atoms with Gasteiger partial charge in [-0.15, -0.1) is 0 Å². The van der Waals surface area contributed by atoms with Crippen LogP contribution in [-0.4, -0.2) is 17.4 Å². The Labute approximate surface area is 80.9 Å². The van der Waals surface area contributed by atoms with Crippen LogP contribution in [0, 0.1) is 5.41 Å². The van der Waals surface area contributed by atoms with Gasteiger partial charge in [0.25, 0.3) is 0 Å². The van der Waals surface area contributed by atoms with Crippen molar-refractivity contribution in [3.8, 4) is 0 Å². The maximum absolute atomic E-state index is 5.82. The first-order valence-electron chi connectivity index (χ1n) is 4.74. The van der Waals surface area contributed by atoms with Gasteiger partial charge in [-0.25, -0.2) is 5.84 Å². The lowest BCUT2D eigenvalue weighted by molar-refractivity contribution is 0.373. The van der Waals surface area contributed by atoms with Crippen molar-refractivity contribution >= 4 is 5.84 Å². The van der Waals surface area contributed by atoms with Crippen molar-refractivity contribution in [3.05, 3.63) is 0 Å². The lowest BCUT2D eigenvalue weighted by atomic mass is 9.94. The van der Waals surface area contributed by atoms with Crippen LogP contribution in [0.3, 0.4) is 0 Å². The number of nitrogens with two attached hydrogens (primary N) is 2. The number of rotatable bonds is 3. The third-order valence-corrected chi connectivity index (χ3v) is 1.82. The highest BCUT2D eigenvalue weighted by molar-refractivity contribution is 5.86. The molecule has 0 aliphatic heterocycles. The maximum Gasteiger partial charge on any atom is 0.143 e. The third-order valence-electron chi connectivity index (χ3n) is 1.82. The first-order chi connectivity index (χ1) is 5.93. The van der Waals surface area contributed by atoms with Gasteiger partial charge in [-0.2, -0.15) is 5.10 Å². The van der Waals surface area contributed by atoms with Crippen molar-refractivity contribution in [2.24, 2.45) is 22.2 Å². The quantitative estimate of drug-likeness (QED) is 0.302. The minimum atomic E-state index is -0.0861. The van der Waals surface area contributed by atoms with Gasteiger partial charge < -0.3 is 5.84 Å². The van der Waals surface area contributed by atoms with Crippen LogP contribution in [0.25, 0.3) is 0 Å². The van der Waals surface area contributed by atoms with Crippen LogP contribution >= 0.6 is 0 Å². The summed E-state index contributed by atoms with van der Waals surface area (Å²) in [6, 6.07) is 0. The van der Waals surface area contributed by atoms with E-state index in [0.29, 0.717) is 0 Å². The molecule has 0 aliphatic rings. The molecule has 13 heavy (non-hydrogen) atoms. The minimum Gasteiger partial charge on any atom is -0.322 e. The Balaban J connectivity index is 4.26. The molecule has 0 heterocycles. The summed E-state index contributed by atoms with van der Waals surface area (Å²) in [4.78, 5) is 0. The third kappa shape index (κ3) is 4.12. The highest BCUT2D eigenvalue weighted by atomic mass is 15.4. The van der Waals surface area contributed by atoms with Gasteiger partial charge in [0.1, 0.15) is 5.84 Å². The van der Waals surface area contributed by atoms with Crippen LogP contribution in [0.15, 0.2) is 5.10 Å². The zero-order chi connectivity index (χ0) is 10.5. The summed E-state index contributed by atoms with van der Waals surface area (Å²) < 4.78 is 0. The molecule has 0 bridgehead atoms. The van der Waals surface area contributed by atoms with Gasteiger partial charge in [-0.1, -0.05) is 34.1 Å². The number of hydrazine groups is 1. The number of hydrazone groups is 1. The standard InChI is InChI=1S/C9H22N4/c1-5-6-7-13(11)8(12-10)9(2,3)4/h5-7,10-11H2,1-4H3/b12-8-. The summed E-state index contributed by atoms with van der Waals surface area (Å²) in [5, 5.41) is 5.37. The smallest absolute Gasteiger partial charge is 0.143 e. The second kappa shape index (κ2) is 5.07. The fourth-order valence-electron chi connectivity index (χ4n) is 1.13. The Morgan fingerprint density at radius 2 is 1.92 bits per heavy atom. The average molecular weight is 186 g/mol. The summed E-state index contributed by atoms with van der Waals surface area (Å²) in [5.74, 6) is 11.9. The van der Waals surface area contributed by atoms with E-state index in [1.165, 1.54) is 0 Å². The molecule has 0 spiro atoms. The predicted molar refractivity (Wildman–Crippen MR) is 56.9 cm³/mol. The van der Waals surface area contributed by atoms with E-state index in [1.54, 1.807) is 5.01 Å². The molecular formula is C9H22N4. The molecule has 4 nitrogen and oxygen atoms in total. The summed E-state index contributed by atoms with van der Waals surface area (Å²) in [6.45, 7) is 9.08. The van der Waals surface area contributed by atoms with Crippen molar-refractivity contribution in [2.75, 3.05) is 6.54 Å². The highest BCUT2D eigenvalue weighted by Crippen LogP contribution is 2.16. The number of hydrogen-bond acceptors (Lipinski definition) is 3. The molecule has 0 aromatic heterocycles. The van der Waals surface area contributed by atoms with E-state index in [0.717, 1.165) is 25.2 Å². The van der Waals surface area contributed by atoms with Crippen LogP contribution in [0.2, 0.25) is 0 Å². The largest absolute Gasteiger partial charge is 0.322 e. The van der Waals surface area contributed by atoms with E-state index < -0.39 is 0 Å². The lowest BCUT2D eigenvalue weighted by Crippen LogP contribution is -2.45. The molecule has 0 unspecified atom stereocenters. The zero-order valence-electron chi connectivity index (χ0n) is 9.17. The number of unbranched alkanes of at least 4 members (excludes halogenated alkanes) is 1. The molecule has 0 saturated heterocycles. The fourth-order valence-corrected chi connectivity index (χ4v) is 1.13. The molecule has 0 aromatic rings. The predicted octanol–water partition coefficient (Wildman–Crippen LogP) is 1.28. The molecule has 0 rings (SSSR count). The first-order valence-corrected chi connectivity index (χ1v) is 4.74. The second-order valence-electron chi connectivity index (χ2n) is 4.25. The van der Waals surface area contributed by atoms with Gasteiger partial charge >= 0.3 is 0 Å². The Hall–Kier alpha value is -0.770. The summed E-state index contributed by atoms with van der Waals surface area (Å²) in [6.07, 6.45) is 2.18. The molecule has 4 N–H and O–H groups in total. The molecule has 0 fully saturated rings. The summed E-state index contributed by atoms with van der Waals surface area (Å²) in [7, 11) is 0. The van der Waals surface area contributed by atoms with Gasteiger partial charge in [0.05, 0.1) is 0 Å². The van der Waals surface area contributed by atoms with Gasteiger partial charge in [0, 0.05) is 12.0 Å². The normalized spacial score (nSPS) is 13.2. The molecular weight excluding hydrogens is 164 g/mol. The highest BCUT2D eigenvalue weighted by Gasteiger charge is 2.22. The van der Waals surface area contributed by atoms with E-state index in [9.17, 15) is 0 Å². The van der Waals surface area contributed by atoms with Crippen LogP contribution in [0.5, 0.6) is 0 Å². The topological polar surface area (TPSA) is 67.6 Å². The van der Waals surface area contributed by atoms with Crippen molar-refractivity contribution < 1.29 is 0 Å².